The van der Waals surface area contributed by atoms with Gasteiger partial charge in [0.1, 0.15) is 0 Å². The number of benzene rings is 2. The highest BCUT2D eigenvalue weighted by Gasteiger charge is 2.23. The Hall–Kier alpha value is -1.67. The zero-order chi connectivity index (χ0) is 21.3. The molecule has 2 aromatic carbocycles. The maximum absolute atomic E-state index is 13.5. The second kappa shape index (κ2) is 8.83. The third-order valence-electron chi connectivity index (χ3n) is 5.75. The SMILES string of the molecule is CC(C)c1ccc(S(=O)(=O)n2cc(CN3CCCNCC3)c3cc(Br)ccc32)cc1. The van der Waals surface area contributed by atoms with Crippen molar-refractivity contribution in [1.82, 2.24) is 14.2 Å². The molecule has 2 heterocycles. The van der Waals surface area contributed by atoms with Crippen LogP contribution < -0.4 is 5.32 Å². The summed E-state index contributed by atoms with van der Waals surface area (Å²) in [5, 5.41) is 4.40. The van der Waals surface area contributed by atoms with Crippen molar-refractivity contribution < 1.29 is 8.42 Å². The molecule has 5 nitrogen and oxygen atoms in total. The molecule has 1 aliphatic rings. The van der Waals surface area contributed by atoms with Gasteiger partial charge in [0.2, 0.25) is 0 Å². The highest BCUT2D eigenvalue weighted by atomic mass is 79.9. The van der Waals surface area contributed by atoms with Gasteiger partial charge in [-0.2, -0.15) is 0 Å². The number of hydrogen-bond donors (Lipinski definition) is 1. The molecule has 1 aromatic heterocycles. The Balaban J connectivity index is 1.76. The molecule has 0 radical (unpaired) electrons. The van der Waals surface area contributed by atoms with E-state index in [0.717, 1.165) is 60.1 Å². The lowest BCUT2D eigenvalue weighted by Gasteiger charge is -2.18. The first-order valence-electron chi connectivity index (χ1n) is 10.4. The van der Waals surface area contributed by atoms with E-state index in [4.69, 9.17) is 0 Å². The van der Waals surface area contributed by atoms with Crippen molar-refractivity contribution in [2.45, 2.75) is 37.6 Å². The van der Waals surface area contributed by atoms with Crippen LogP contribution in [0.25, 0.3) is 10.9 Å². The Morgan fingerprint density at radius 2 is 1.83 bits per heavy atom. The van der Waals surface area contributed by atoms with Gasteiger partial charge in [-0.1, -0.05) is 41.9 Å². The lowest BCUT2D eigenvalue weighted by Crippen LogP contribution is -2.27. The van der Waals surface area contributed by atoms with Gasteiger partial charge in [-0.15, -0.1) is 0 Å². The molecule has 160 valence electrons. The first kappa shape index (κ1) is 21.6. The molecular weight excluding hydrogens is 462 g/mol. The molecule has 0 spiro atoms. The van der Waals surface area contributed by atoms with E-state index < -0.39 is 10.0 Å². The Bertz CT molecular complexity index is 1130. The zero-order valence-corrected chi connectivity index (χ0v) is 19.8. The minimum absolute atomic E-state index is 0.317. The van der Waals surface area contributed by atoms with Gasteiger partial charge in [0.15, 0.2) is 0 Å². The minimum atomic E-state index is -3.68. The molecule has 4 rings (SSSR count). The number of rotatable bonds is 5. The number of nitrogens with one attached hydrogen (secondary N) is 1. The lowest BCUT2D eigenvalue weighted by atomic mass is 10.0. The molecule has 1 aliphatic heterocycles. The second-order valence-electron chi connectivity index (χ2n) is 8.22. The average molecular weight is 490 g/mol. The Labute approximate surface area is 187 Å². The first-order valence-corrected chi connectivity index (χ1v) is 12.7. The van der Waals surface area contributed by atoms with E-state index in [1.165, 1.54) is 3.97 Å². The number of nitrogens with zero attached hydrogens (tertiary/aromatic N) is 2. The number of aromatic nitrogens is 1. The van der Waals surface area contributed by atoms with Crippen LogP contribution in [0.4, 0.5) is 0 Å². The quantitative estimate of drug-likeness (QED) is 0.570. The molecule has 0 amide bonds. The summed E-state index contributed by atoms with van der Waals surface area (Å²) < 4.78 is 29.4. The summed E-state index contributed by atoms with van der Waals surface area (Å²) in [5.74, 6) is 0.362. The molecule has 30 heavy (non-hydrogen) atoms. The topological polar surface area (TPSA) is 54.3 Å². The maximum Gasteiger partial charge on any atom is 0.268 e. The minimum Gasteiger partial charge on any atom is -0.315 e. The van der Waals surface area contributed by atoms with Crippen LogP contribution in [0.2, 0.25) is 0 Å². The predicted octanol–water partition coefficient (Wildman–Crippen LogP) is 4.56. The Morgan fingerprint density at radius 1 is 1.07 bits per heavy atom. The van der Waals surface area contributed by atoms with Crippen LogP contribution in [0.5, 0.6) is 0 Å². The Kier molecular flexibility index (Phi) is 6.34. The van der Waals surface area contributed by atoms with Gasteiger partial charge < -0.3 is 5.32 Å². The van der Waals surface area contributed by atoms with Crippen molar-refractivity contribution in [1.29, 1.82) is 0 Å². The van der Waals surface area contributed by atoms with Crippen LogP contribution in [0.15, 0.2) is 58.0 Å². The van der Waals surface area contributed by atoms with Crippen molar-refractivity contribution in [3.63, 3.8) is 0 Å². The summed E-state index contributed by atoms with van der Waals surface area (Å²) >= 11 is 3.55. The van der Waals surface area contributed by atoms with E-state index >= 15 is 0 Å². The second-order valence-corrected chi connectivity index (χ2v) is 11.0. The first-order chi connectivity index (χ1) is 14.4. The monoisotopic (exact) mass is 489 g/mol. The Morgan fingerprint density at radius 3 is 2.57 bits per heavy atom. The average Bonchev–Trinajstić information content (AvgIpc) is 2.89. The van der Waals surface area contributed by atoms with Gasteiger partial charge in [-0.3, -0.25) is 4.90 Å². The summed E-state index contributed by atoms with van der Waals surface area (Å²) in [7, 11) is -3.68. The smallest absolute Gasteiger partial charge is 0.268 e. The van der Waals surface area contributed by atoms with Crippen LogP contribution in [0, 0.1) is 0 Å². The molecule has 0 bridgehead atoms. The van der Waals surface area contributed by atoms with Crippen molar-refractivity contribution in [3.8, 4) is 0 Å². The highest BCUT2D eigenvalue weighted by molar-refractivity contribution is 9.10. The van der Waals surface area contributed by atoms with Crippen molar-refractivity contribution in [2.24, 2.45) is 0 Å². The molecular formula is C23H28BrN3O2S. The van der Waals surface area contributed by atoms with E-state index in [1.807, 2.05) is 30.3 Å². The lowest BCUT2D eigenvalue weighted by molar-refractivity contribution is 0.285. The largest absolute Gasteiger partial charge is 0.315 e. The summed E-state index contributed by atoms with van der Waals surface area (Å²) in [5.41, 5.74) is 2.88. The summed E-state index contributed by atoms with van der Waals surface area (Å²) in [6, 6.07) is 13.1. The van der Waals surface area contributed by atoms with Crippen LogP contribution in [0.3, 0.4) is 0 Å². The summed E-state index contributed by atoms with van der Waals surface area (Å²) in [4.78, 5) is 2.71. The molecule has 0 saturated carbocycles. The standard InChI is InChI=1S/C23H28BrN3O2S/c1-17(2)18-4-7-21(8-5-18)30(28,29)27-16-19(15-26-12-3-10-25-11-13-26)22-14-20(24)6-9-23(22)27/h4-9,14,16-17,25H,3,10-13,15H2,1-2H3. The van der Waals surface area contributed by atoms with Gasteiger partial charge in [-0.05, 0) is 66.9 Å². The molecule has 0 atom stereocenters. The normalized spacial score (nSPS) is 16.3. The molecule has 1 N–H and O–H groups in total. The van der Waals surface area contributed by atoms with E-state index in [9.17, 15) is 8.42 Å². The van der Waals surface area contributed by atoms with Crippen molar-refractivity contribution in [2.75, 3.05) is 26.2 Å². The molecule has 1 fully saturated rings. The fourth-order valence-electron chi connectivity index (χ4n) is 4.00. The van der Waals surface area contributed by atoms with E-state index in [2.05, 4.69) is 40.0 Å². The van der Waals surface area contributed by atoms with Gasteiger partial charge in [0.25, 0.3) is 10.0 Å². The van der Waals surface area contributed by atoms with Crippen LogP contribution in [0.1, 0.15) is 37.3 Å². The molecule has 1 saturated heterocycles. The van der Waals surface area contributed by atoms with Crippen LogP contribution >= 0.6 is 15.9 Å². The van der Waals surface area contributed by atoms with Crippen molar-refractivity contribution in [3.05, 3.63) is 64.3 Å². The number of hydrogen-bond acceptors (Lipinski definition) is 4. The molecule has 3 aromatic rings. The van der Waals surface area contributed by atoms with Gasteiger partial charge >= 0.3 is 0 Å². The fourth-order valence-corrected chi connectivity index (χ4v) is 5.75. The van der Waals surface area contributed by atoms with E-state index in [0.29, 0.717) is 16.3 Å². The summed E-state index contributed by atoms with van der Waals surface area (Å²) in [6.45, 7) is 8.91. The molecule has 0 unspecified atom stereocenters. The molecule has 0 aliphatic carbocycles. The van der Waals surface area contributed by atoms with Crippen LogP contribution in [-0.4, -0.2) is 43.5 Å². The van der Waals surface area contributed by atoms with Gasteiger partial charge in [0.05, 0.1) is 10.4 Å². The fraction of sp³-hybridized carbons (Fsp3) is 0.391. The zero-order valence-electron chi connectivity index (χ0n) is 17.4. The van der Waals surface area contributed by atoms with E-state index in [-0.39, 0.29) is 0 Å². The third kappa shape index (κ3) is 4.35. The van der Waals surface area contributed by atoms with Gasteiger partial charge in [0, 0.05) is 35.7 Å². The number of fused-ring (bicyclic) bond motifs is 1. The third-order valence-corrected chi connectivity index (χ3v) is 7.93. The van der Waals surface area contributed by atoms with Gasteiger partial charge in [-0.25, -0.2) is 12.4 Å². The molecule has 7 heteroatoms. The highest BCUT2D eigenvalue weighted by Crippen LogP contribution is 2.30. The number of halogens is 1. The van der Waals surface area contributed by atoms with Crippen LogP contribution in [-0.2, 0) is 16.6 Å². The summed E-state index contributed by atoms with van der Waals surface area (Å²) in [6.07, 6.45) is 2.91. The maximum atomic E-state index is 13.5. The van der Waals surface area contributed by atoms with Crippen molar-refractivity contribution >= 4 is 36.9 Å². The van der Waals surface area contributed by atoms with E-state index in [1.54, 1.807) is 18.3 Å². The predicted molar refractivity (Wildman–Crippen MR) is 126 cm³/mol.